The first kappa shape index (κ1) is 19.6. The van der Waals surface area contributed by atoms with Crippen molar-refractivity contribution in [2.24, 2.45) is 11.3 Å². The van der Waals surface area contributed by atoms with Crippen molar-refractivity contribution in [2.45, 2.75) is 72.1 Å². The van der Waals surface area contributed by atoms with Gasteiger partial charge in [0.05, 0.1) is 0 Å². The van der Waals surface area contributed by atoms with Crippen molar-refractivity contribution in [2.75, 3.05) is 0 Å². The van der Waals surface area contributed by atoms with Crippen LogP contribution in [0.3, 0.4) is 0 Å². The highest BCUT2D eigenvalue weighted by molar-refractivity contribution is 5.39. The van der Waals surface area contributed by atoms with Crippen LogP contribution in [-0.4, -0.2) is 0 Å². The molecule has 0 nitrogen and oxygen atoms in total. The van der Waals surface area contributed by atoms with Crippen molar-refractivity contribution in [3.05, 3.63) is 59.7 Å². The lowest BCUT2D eigenvalue weighted by molar-refractivity contribution is 0.270. The summed E-state index contributed by atoms with van der Waals surface area (Å²) in [5.41, 5.74) is 4.99. The number of rotatable bonds is 6. The molecular weight excluding hydrogens is 300 g/mol. The minimum absolute atomic E-state index is 0.0247. The Labute approximate surface area is 155 Å². The molecule has 0 N–H and O–H groups in total. The molecule has 1 aliphatic rings. The highest BCUT2D eigenvalue weighted by Crippen LogP contribution is 2.44. The molecule has 0 heteroatoms. The molecule has 0 aliphatic heterocycles. The molecule has 0 bridgehead atoms. The Bertz CT molecular complexity index is 673. The Balaban J connectivity index is 2.26. The molecule has 0 radical (unpaired) electrons. The minimum Gasteiger partial charge on any atom is -0.0998 e. The van der Waals surface area contributed by atoms with Crippen LogP contribution in [0.1, 0.15) is 83.3 Å². The first-order chi connectivity index (χ1) is 11.8. The molecule has 1 aliphatic carbocycles. The second kappa shape index (κ2) is 8.57. The molecule has 1 saturated carbocycles. The lowest BCUT2D eigenvalue weighted by atomic mass is 9.71. The third-order valence-electron chi connectivity index (χ3n) is 5.47. The molecule has 1 aromatic carbocycles. The van der Waals surface area contributed by atoms with Crippen molar-refractivity contribution in [3.63, 3.8) is 0 Å². The number of allylic oxidation sites excluding steroid dienone is 2. The third kappa shape index (κ3) is 5.64. The van der Waals surface area contributed by atoms with E-state index in [1.54, 1.807) is 0 Å². The van der Waals surface area contributed by atoms with Gasteiger partial charge in [-0.3, -0.25) is 0 Å². The maximum atomic E-state index is 4.31. The van der Waals surface area contributed by atoms with Gasteiger partial charge in [-0.1, -0.05) is 75.0 Å². The summed E-state index contributed by atoms with van der Waals surface area (Å²) in [5, 5.41) is 0. The van der Waals surface area contributed by atoms with E-state index >= 15 is 0 Å². The Morgan fingerprint density at radius 1 is 1.24 bits per heavy atom. The maximum Gasteiger partial charge on any atom is 0.0355 e. The zero-order valence-corrected chi connectivity index (χ0v) is 16.6. The van der Waals surface area contributed by atoms with Gasteiger partial charge >= 0.3 is 0 Å². The molecule has 1 atom stereocenters. The van der Waals surface area contributed by atoms with Gasteiger partial charge in [-0.2, -0.15) is 0 Å². The van der Waals surface area contributed by atoms with E-state index in [4.69, 9.17) is 0 Å². The van der Waals surface area contributed by atoms with Gasteiger partial charge in [-0.15, -0.1) is 0 Å². The predicted molar refractivity (Wildman–Crippen MR) is 111 cm³/mol. The topological polar surface area (TPSA) is 0 Å². The van der Waals surface area contributed by atoms with E-state index in [0.29, 0.717) is 11.8 Å². The lowest BCUT2D eigenvalue weighted by Crippen LogP contribution is -2.24. The Kier molecular flexibility index (Phi) is 6.71. The summed E-state index contributed by atoms with van der Waals surface area (Å²) < 4.78 is 0. The van der Waals surface area contributed by atoms with Gasteiger partial charge in [-0.05, 0) is 69.1 Å². The van der Waals surface area contributed by atoms with Gasteiger partial charge in [0.15, 0.2) is 0 Å². The van der Waals surface area contributed by atoms with Crippen LogP contribution in [0, 0.1) is 23.2 Å². The number of benzene rings is 1. The molecule has 0 aromatic heterocycles. The van der Waals surface area contributed by atoms with Crippen LogP contribution < -0.4 is 0 Å². The van der Waals surface area contributed by atoms with Crippen molar-refractivity contribution in [1.82, 2.24) is 0 Å². The summed E-state index contributed by atoms with van der Waals surface area (Å²) in [4.78, 5) is 0. The van der Waals surface area contributed by atoms with Gasteiger partial charge in [0.1, 0.15) is 0 Å². The molecule has 0 spiro atoms. The molecule has 1 unspecified atom stereocenters. The fourth-order valence-corrected chi connectivity index (χ4v) is 4.05. The second-order valence-corrected chi connectivity index (χ2v) is 8.49. The summed E-state index contributed by atoms with van der Waals surface area (Å²) in [5.74, 6) is 8.42. The standard InChI is InChI=1S/C25H34/c1-19(2)16-21(5)18-25(6,24-12-7-8-13-24)15-14-22-10-9-11-23(17-22)20(3)4/h9-11,17,20,24H,1,5,7-8,12-13,16,18H2,2-4,6H3. The van der Waals surface area contributed by atoms with Gasteiger partial charge in [-0.25, -0.2) is 0 Å². The molecule has 0 amide bonds. The molecular formula is C25H34. The van der Waals surface area contributed by atoms with E-state index in [-0.39, 0.29) is 5.41 Å². The highest BCUT2D eigenvalue weighted by Gasteiger charge is 2.34. The van der Waals surface area contributed by atoms with Gasteiger partial charge in [0.25, 0.3) is 0 Å². The lowest BCUT2D eigenvalue weighted by Gasteiger charge is -2.31. The molecule has 0 heterocycles. The summed E-state index contributed by atoms with van der Waals surface area (Å²) in [6.45, 7) is 17.3. The summed E-state index contributed by atoms with van der Waals surface area (Å²) in [6.07, 6.45) is 7.21. The molecule has 1 aromatic rings. The van der Waals surface area contributed by atoms with E-state index in [0.717, 1.165) is 18.4 Å². The van der Waals surface area contributed by atoms with E-state index in [9.17, 15) is 0 Å². The zero-order valence-electron chi connectivity index (χ0n) is 16.6. The first-order valence-corrected chi connectivity index (χ1v) is 9.74. The van der Waals surface area contributed by atoms with Crippen LogP contribution in [0.15, 0.2) is 48.6 Å². The average Bonchev–Trinajstić information content (AvgIpc) is 3.07. The normalized spacial score (nSPS) is 17.0. The van der Waals surface area contributed by atoms with Crippen LogP contribution in [0.5, 0.6) is 0 Å². The van der Waals surface area contributed by atoms with Crippen LogP contribution in [-0.2, 0) is 0 Å². The van der Waals surface area contributed by atoms with Gasteiger partial charge in [0, 0.05) is 11.0 Å². The molecule has 134 valence electrons. The third-order valence-corrected chi connectivity index (χ3v) is 5.47. The van der Waals surface area contributed by atoms with Crippen molar-refractivity contribution in [1.29, 1.82) is 0 Å². The highest BCUT2D eigenvalue weighted by atomic mass is 14.4. The predicted octanol–water partition coefficient (Wildman–Crippen LogP) is 7.27. The fraction of sp³-hybridized carbons (Fsp3) is 0.520. The summed E-state index contributed by atoms with van der Waals surface area (Å²) in [6, 6.07) is 8.71. The van der Waals surface area contributed by atoms with Crippen LogP contribution in [0.25, 0.3) is 0 Å². The Morgan fingerprint density at radius 2 is 1.92 bits per heavy atom. The van der Waals surface area contributed by atoms with Crippen LogP contribution in [0.2, 0.25) is 0 Å². The number of hydrogen-bond acceptors (Lipinski definition) is 0. The second-order valence-electron chi connectivity index (χ2n) is 8.49. The van der Waals surface area contributed by atoms with Crippen LogP contribution in [0.4, 0.5) is 0 Å². The average molecular weight is 335 g/mol. The van der Waals surface area contributed by atoms with E-state index in [2.05, 4.69) is 77.0 Å². The monoisotopic (exact) mass is 334 g/mol. The SMILES string of the molecule is C=C(C)CC(=C)CC(C)(C#Cc1cccc(C(C)C)c1)C1CCCC1. The van der Waals surface area contributed by atoms with Crippen LogP contribution >= 0.6 is 0 Å². The van der Waals surface area contributed by atoms with Crippen molar-refractivity contribution >= 4 is 0 Å². The number of hydrogen-bond donors (Lipinski definition) is 0. The first-order valence-electron chi connectivity index (χ1n) is 9.74. The van der Waals surface area contributed by atoms with E-state index < -0.39 is 0 Å². The quantitative estimate of drug-likeness (QED) is 0.379. The summed E-state index contributed by atoms with van der Waals surface area (Å²) >= 11 is 0. The van der Waals surface area contributed by atoms with Gasteiger partial charge < -0.3 is 0 Å². The molecule has 1 fully saturated rings. The summed E-state index contributed by atoms with van der Waals surface area (Å²) in [7, 11) is 0. The van der Waals surface area contributed by atoms with Gasteiger partial charge in [0.2, 0.25) is 0 Å². The Hall–Kier alpha value is -1.74. The van der Waals surface area contributed by atoms with E-state index in [1.807, 2.05) is 0 Å². The molecule has 2 rings (SSSR count). The zero-order chi connectivity index (χ0) is 18.4. The Morgan fingerprint density at radius 3 is 2.52 bits per heavy atom. The molecule has 0 saturated heterocycles. The van der Waals surface area contributed by atoms with Crippen molar-refractivity contribution < 1.29 is 0 Å². The van der Waals surface area contributed by atoms with E-state index in [1.165, 1.54) is 42.4 Å². The minimum atomic E-state index is 0.0247. The smallest absolute Gasteiger partial charge is 0.0355 e. The molecule has 25 heavy (non-hydrogen) atoms. The van der Waals surface area contributed by atoms with Crippen molar-refractivity contribution in [3.8, 4) is 11.8 Å². The maximum absolute atomic E-state index is 4.31. The largest absolute Gasteiger partial charge is 0.0998 e. The fourth-order valence-electron chi connectivity index (χ4n) is 4.05.